The van der Waals surface area contributed by atoms with Gasteiger partial charge in [0, 0.05) is 36.7 Å². The van der Waals surface area contributed by atoms with Crippen molar-refractivity contribution in [1.29, 1.82) is 0 Å². The maximum Gasteiger partial charge on any atom is 0.229 e. The lowest BCUT2D eigenvalue weighted by atomic mass is 9.97. The van der Waals surface area contributed by atoms with E-state index in [1.807, 2.05) is 37.4 Å². The number of ether oxygens (including phenoxy) is 1. The number of likely N-dealkylation sites (tertiary alicyclic amines) is 1. The number of benzene rings is 1. The first-order valence-corrected chi connectivity index (χ1v) is 10.5. The number of carbonyl (C=O) groups excluding carboxylic acids is 1. The number of nitrogens with zero attached hydrogens (tertiary/aromatic N) is 3. The van der Waals surface area contributed by atoms with E-state index in [0.717, 1.165) is 36.6 Å². The number of fused-ring (bicyclic) bond motifs is 1. The molecule has 6 nitrogen and oxygen atoms in total. The van der Waals surface area contributed by atoms with Crippen molar-refractivity contribution in [3.63, 3.8) is 0 Å². The summed E-state index contributed by atoms with van der Waals surface area (Å²) >= 11 is 0. The third-order valence-electron chi connectivity index (χ3n) is 5.89. The van der Waals surface area contributed by atoms with Crippen LogP contribution >= 0.6 is 0 Å². The van der Waals surface area contributed by atoms with Crippen molar-refractivity contribution < 1.29 is 9.53 Å². The van der Waals surface area contributed by atoms with Crippen LogP contribution in [0, 0.1) is 12.8 Å². The van der Waals surface area contributed by atoms with E-state index >= 15 is 0 Å². The van der Waals surface area contributed by atoms with E-state index < -0.39 is 0 Å². The Hall–Kier alpha value is -2.34. The van der Waals surface area contributed by atoms with Gasteiger partial charge in [-0.3, -0.25) is 9.69 Å². The Kier molecular flexibility index (Phi) is 5.95. The Morgan fingerprint density at radius 1 is 1.29 bits per heavy atom. The van der Waals surface area contributed by atoms with E-state index in [1.165, 1.54) is 38.0 Å². The fourth-order valence-electron chi connectivity index (χ4n) is 4.20. The molecule has 1 fully saturated rings. The van der Waals surface area contributed by atoms with Crippen molar-refractivity contribution in [2.24, 2.45) is 5.92 Å². The number of imidazole rings is 1. The molecule has 6 heteroatoms. The number of rotatable bonds is 6. The van der Waals surface area contributed by atoms with Crippen LogP contribution in [0.15, 0.2) is 30.5 Å². The fraction of sp³-hybridized carbons (Fsp3) is 0.545. The monoisotopic (exact) mass is 382 g/mol. The molecule has 150 valence electrons. The molecule has 0 saturated carbocycles. The summed E-state index contributed by atoms with van der Waals surface area (Å²) in [6.07, 6.45) is 7.63. The number of piperidine rings is 1. The average molecular weight is 383 g/mol. The summed E-state index contributed by atoms with van der Waals surface area (Å²) in [4.78, 5) is 19.6. The van der Waals surface area contributed by atoms with E-state index in [-0.39, 0.29) is 11.8 Å². The predicted molar refractivity (Wildman–Crippen MR) is 110 cm³/mol. The predicted octanol–water partition coefficient (Wildman–Crippen LogP) is 3.26. The molecule has 2 aliphatic rings. The van der Waals surface area contributed by atoms with Gasteiger partial charge in [-0.2, -0.15) is 0 Å². The first kappa shape index (κ1) is 19.0. The van der Waals surface area contributed by atoms with Crippen molar-refractivity contribution >= 4 is 11.6 Å². The van der Waals surface area contributed by atoms with Crippen molar-refractivity contribution in [2.45, 2.75) is 45.6 Å². The number of hydrogen-bond donors (Lipinski definition) is 1. The zero-order valence-electron chi connectivity index (χ0n) is 16.7. The Morgan fingerprint density at radius 2 is 2.14 bits per heavy atom. The van der Waals surface area contributed by atoms with Gasteiger partial charge in [-0.05, 0) is 57.8 Å². The molecule has 4 rings (SSSR count). The molecule has 0 bridgehead atoms. The molecule has 2 aliphatic heterocycles. The lowest BCUT2D eigenvalue weighted by Crippen LogP contribution is -2.33. The number of amides is 1. The highest BCUT2D eigenvalue weighted by Crippen LogP contribution is 2.24. The van der Waals surface area contributed by atoms with Crippen LogP contribution in [-0.4, -0.2) is 46.6 Å². The van der Waals surface area contributed by atoms with Gasteiger partial charge in [0.1, 0.15) is 18.2 Å². The van der Waals surface area contributed by atoms with E-state index in [2.05, 4.69) is 19.8 Å². The number of aryl methyl sites for hydroxylation is 2. The summed E-state index contributed by atoms with van der Waals surface area (Å²) in [6.45, 7) is 6.71. The summed E-state index contributed by atoms with van der Waals surface area (Å²) in [5.41, 5.74) is 2.03. The molecule has 1 N–H and O–H groups in total. The highest BCUT2D eigenvalue weighted by molar-refractivity contribution is 5.92. The molecule has 1 atom stereocenters. The van der Waals surface area contributed by atoms with Gasteiger partial charge in [-0.15, -0.1) is 0 Å². The maximum atomic E-state index is 12.7. The molecular formula is C22H30N4O2. The molecule has 1 amide bonds. The standard InChI is InChI=1S/C22H30N4O2/c1-17-23-15-20-9-8-18(16-26(17)20)22(27)24-19-6-5-7-21(14-19)28-13-12-25-10-3-2-4-11-25/h5-7,14-15,18H,2-4,8-13,16H2,1H3,(H,24,27). The summed E-state index contributed by atoms with van der Waals surface area (Å²) < 4.78 is 8.08. The van der Waals surface area contributed by atoms with Crippen molar-refractivity contribution in [2.75, 3.05) is 31.6 Å². The van der Waals surface area contributed by atoms with Gasteiger partial charge in [0.15, 0.2) is 0 Å². The average Bonchev–Trinajstić information content (AvgIpc) is 3.09. The van der Waals surface area contributed by atoms with Crippen molar-refractivity contribution in [1.82, 2.24) is 14.5 Å². The van der Waals surface area contributed by atoms with Gasteiger partial charge in [0.2, 0.25) is 5.91 Å². The van der Waals surface area contributed by atoms with Gasteiger partial charge in [-0.1, -0.05) is 12.5 Å². The van der Waals surface area contributed by atoms with Crippen LogP contribution in [0.5, 0.6) is 5.75 Å². The highest BCUT2D eigenvalue weighted by Gasteiger charge is 2.26. The van der Waals surface area contributed by atoms with Crippen LogP contribution < -0.4 is 10.1 Å². The fourth-order valence-corrected chi connectivity index (χ4v) is 4.20. The summed E-state index contributed by atoms with van der Waals surface area (Å²) in [5.74, 6) is 1.84. The van der Waals surface area contributed by atoms with E-state index in [9.17, 15) is 4.79 Å². The molecular weight excluding hydrogens is 352 g/mol. The van der Waals surface area contributed by atoms with Crippen molar-refractivity contribution in [3.05, 3.63) is 42.0 Å². The minimum atomic E-state index is -0.0240. The second-order valence-electron chi connectivity index (χ2n) is 7.91. The third-order valence-corrected chi connectivity index (χ3v) is 5.89. The minimum absolute atomic E-state index is 0.0240. The Balaban J connectivity index is 1.29. The normalized spacial score (nSPS) is 19.8. The van der Waals surface area contributed by atoms with Crippen LogP contribution in [0.1, 0.15) is 37.2 Å². The van der Waals surface area contributed by atoms with E-state index in [0.29, 0.717) is 13.2 Å². The molecule has 1 aromatic heterocycles. The zero-order valence-corrected chi connectivity index (χ0v) is 16.7. The second kappa shape index (κ2) is 8.78. The van der Waals surface area contributed by atoms with Crippen LogP contribution in [0.25, 0.3) is 0 Å². The largest absolute Gasteiger partial charge is 0.492 e. The quantitative estimate of drug-likeness (QED) is 0.833. The molecule has 0 spiro atoms. The third kappa shape index (κ3) is 4.55. The van der Waals surface area contributed by atoms with Gasteiger partial charge in [0.05, 0.1) is 5.92 Å². The molecule has 2 aromatic rings. The smallest absolute Gasteiger partial charge is 0.229 e. The number of hydrogen-bond acceptors (Lipinski definition) is 4. The molecule has 1 unspecified atom stereocenters. The Labute approximate surface area is 166 Å². The van der Waals surface area contributed by atoms with Gasteiger partial charge in [0.25, 0.3) is 0 Å². The summed E-state index contributed by atoms with van der Waals surface area (Å²) in [7, 11) is 0. The molecule has 1 aromatic carbocycles. The maximum absolute atomic E-state index is 12.7. The molecule has 0 radical (unpaired) electrons. The zero-order chi connectivity index (χ0) is 19.3. The van der Waals surface area contributed by atoms with Crippen LogP contribution in [-0.2, 0) is 17.8 Å². The van der Waals surface area contributed by atoms with Crippen LogP contribution in [0.2, 0.25) is 0 Å². The van der Waals surface area contributed by atoms with Crippen molar-refractivity contribution in [3.8, 4) is 5.75 Å². The van der Waals surface area contributed by atoms with Gasteiger partial charge >= 0.3 is 0 Å². The van der Waals surface area contributed by atoms with E-state index in [4.69, 9.17) is 4.74 Å². The SMILES string of the molecule is Cc1ncc2n1CC(C(=O)Nc1cccc(OCCN3CCCCC3)c1)CC2. The van der Waals surface area contributed by atoms with Gasteiger partial charge < -0.3 is 14.6 Å². The topological polar surface area (TPSA) is 59.4 Å². The summed E-state index contributed by atoms with van der Waals surface area (Å²) in [5, 5.41) is 3.07. The minimum Gasteiger partial charge on any atom is -0.492 e. The highest BCUT2D eigenvalue weighted by atomic mass is 16.5. The molecule has 3 heterocycles. The number of anilines is 1. The lowest BCUT2D eigenvalue weighted by molar-refractivity contribution is -0.120. The molecule has 0 aliphatic carbocycles. The van der Waals surface area contributed by atoms with E-state index in [1.54, 1.807) is 0 Å². The first-order chi connectivity index (χ1) is 13.7. The number of carbonyl (C=O) groups is 1. The van der Waals surface area contributed by atoms with Gasteiger partial charge in [-0.25, -0.2) is 4.98 Å². The molecule has 28 heavy (non-hydrogen) atoms. The number of aromatic nitrogens is 2. The summed E-state index contributed by atoms with van der Waals surface area (Å²) in [6, 6.07) is 7.73. The van der Waals surface area contributed by atoms with Crippen LogP contribution in [0.4, 0.5) is 5.69 Å². The first-order valence-electron chi connectivity index (χ1n) is 10.5. The van der Waals surface area contributed by atoms with Crippen LogP contribution in [0.3, 0.4) is 0 Å². The lowest BCUT2D eigenvalue weighted by Gasteiger charge is -2.26. The molecule has 1 saturated heterocycles. The second-order valence-corrected chi connectivity index (χ2v) is 7.91. The Bertz CT molecular complexity index is 811. The number of nitrogens with one attached hydrogen (secondary N) is 1. The Morgan fingerprint density at radius 3 is 3.00 bits per heavy atom.